The van der Waals surface area contributed by atoms with Crippen LogP contribution in [0.25, 0.3) is 11.1 Å². The van der Waals surface area contributed by atoms with Gasteiger partial charge in [-0.2, -0.15) is 10.5 Å². The SMILES string of the molecule is CC(C)c1ccc(-c2c(C#N)c(N)nc(SCC(=O)Nc3ccc(F)c(F)c3)c2C#N)cc1. The van der Waals surface area contributed by atoms with Crippen molar-refractivity contribution in [1.82, 2.24) is 4.98 Å². The molecule has 1 aromatic heterocycles. The molecular weight excluding hydrogens is 444 g/mol. The Labute approximate surface area is 194 Å². The van der Waals surface area contributed by atoms with Crippen molar-refractivity contribution in [1.29, 1.82) is 10.5 Å². The van der Waals surface area contributed by atoms with Crippen LogP contribution in [0.4, 0.5) is 20.3 Å². The van der Waals surface area contributed by atoms with Crippen molar-refractivity contribution in [3.63, 3.8) is 0 Å². The monoisotopic (exact) mass is 463 g/mol. The van der Waals surface area contributed by atoms with E-state index in [-0.39, 0.29) is 33.4 Å². The Morgan fingerprint density at radius 3 is 2.33 bits per heavy atom. The average Bonchev–Trinajstić information content (AvgIpc) is 2.79. The Morgan fingerprint density at radius 2 is 1.76 bits per heavy atom. The van der Waals surface area contributed by atoms with E-state index in [2.05, 4.69) is 30.2 Å². The van der Waals surface area contributed by atoms with Crippen molar-refractivity contribution in [2.24, 2.45) is 0 Å². The van der Waals surface area contributed by atoms with Crippen molar-refractivity contribution in [2.45, 2.75) is 24.8 Å². The van der Waals surface area contributed by atoms with Gasteiger partial charge in [-0.1, -0.05) is 49.9 Å². The van der Waals surface area contributed by atoms with Gasteiger partial charge in [0.05, 0.1) is 11.3 Å². The van der Waals surface area contributed by atoms with Crippen LogP contribution in [-0.2, 0) is 4.79 Å². The van der Waals surface area contributed by atoms with Crippen LogP contribution < -0.4 is 11.1 Å². The molecule has 0 saturated heterocycles. The zero-order valence-electron chi connectivity index (χ0n) is 17.8. The summed E-state index contributed by atoms with van der Waals surface area (Å²) in [7, 11) is 0. The van der Waals surface area contributed by atoms with Gasteiger partial charge in [0.25, 0.3) is 0 Å². The van der Waals surface area contributed by atoms with Gasteiger partial charge in [-0.05, 0) is 29.2 Å². The number of halogens is 2. The van der Waals surface area contributed by atoms with E-state index in [1.807, 2.05) is 30.3 Å². The maximum absolute atomic E-state index is 13.4. The fraction of sp³-hybridized carbons (Fsp3) is 0.167. The summed E-state index contributed by atoms with van der Waals surface area (Å²) in [5.74, 6) is -2.52. The van der Waals surface area contributed by atoms with Crippen LogP contribution in [0.3, 0.4) is 0 Å². The maximum atomic E-state index is 13.4. The highest BCUT2D eigenvalue weighted by molar-refractivity contribution is 8.00. The van der Waals surface area contributed by atoms with Crippen molar-refractivity contribution < 1.29 is 13.6 Å². The first-order chi connectivity index (χ1) is 15.7. The summed E-state index contributed by atoms with van der Waals surface area (Å²) in [5, 5.41) is 22.1. The van der Waals surface area contributed by atoms with Crippen molar-refractivity contribution in [2.75, 3.05) is 16.8 Å². The maximum Gasteiger partial charge on any atom is 0.234 e. The van der Waals surface area contributed by atoms with Gasteiger partial charge < -0.3 is 11.1 Å². The van der Waals surface area contributed by atoms with Gasteiger partial charge in [0.1, 0.15) is 28.5 Å². The molecule has 3 aromatic rings. The van der Waals surface area contributed by atoms with Crippen LogP contribution >= 0.6 is 11.8 Å². The number of anilines is 2. The second-order valence-corrected chi connectivity index (χ2v) is 8.36. The zero-order chi connectivity index (χ0) is 24.1. The number of carbonyl (C=O) groups excluding carboxylic acids is 1. The van der Waals surface area contributed by atoms with Crippen LogP contribution in [0.2, 0.25) is 0 Å². The summed E-state index contributed by atoms with van der Waals surface area (Å²) >= 11 is 0.954. The zero-order valence-corrected chi connectivity index (χ0v) is 18.6. The first-order valence-corrected chi connectivity index (χ1v) is 10.8. The molecule has 0 saturated carbocycles. The first kappa shape index (κ1) is 23.7. The quantitative estimate of drug-likeness (QED) is 0.485. The van der Waals surface area contributed by atoms with Crippen molar-refractivity contribution >= 4 is 29.2 Å². The van der Waals surface area contributed by atoms with E-state index in [1.54, 1.807) is 0 Å². The fourth-order valence-electron chi connectivity index (χ4n) is 3.13. The molecule has 0 radical (unpaired) electrons. The number of nitrogens with two attached hydrogens (primary N) is 1. The standard InChI is InChI=1S/C24H19F2N5OS/c1-13(2)14-3-5-15(6-4-14)22-17(10-27)23(29)31-24(18(22)11-28)33-12-21(32)30-16-7-8-19(25)20(26)9-16/h3-9,13H,12H2,1-2H3,(H2,29,31)(H,30,32). The third-order valence-corrected chi connectivity index (χ3v) is 5.80. The molecule has 1 amide bonds. The molecule has 0 spiro atoms. The number of carbonyl (C=O) groups is 1. The van der Waals surface area contributed by atoms with Crippen LogP contribution in [-0.4, -0.2) is 16.6 Å². The predicted molar refractivity (Wildman–Crippen MR) is 123 cm³/mol. The molecule has 33 heavy (non-hydrogen) atoms. The van der Waals surface area contributed by atoms with Gasteiger partial charge in [-0.15, -0.1) is 0 Å². The second kappa shape index (κ2) is 10.1. The Bertz CT molecular complexity index is 1290. The summed E-state index contributed by atoms with van der Waals surface area (Å²) in [6, 6.07) is 14.6. The topological polar surface area (TPSA) is 116 Å². The molecule has 3 N–H and O–H groups in total. The van der Waals surface area contributed by atoms with E-state index in [1.165, 1.54) is 6.07 Å². The molecule has 0 unspecified atom stereocenters. The van der Waals surface area contributed by atoms with Gasteiger partial charge in [0.2, 0.25) is 5.91 Å². The summed E-state index contributed by atoms with van der Waals surface area (Å²) in [6.07, 6.45) is 0. The molecule has 0 fully saturated rings. The largest absolute Gasteiger partial charge is 0.383 e. The molecule has 0 aliphatic rings. The Kier molecular flexibility index (Phi) is 7.27. The third-order valence-electron chi connectivity index (χ3n) is 4.82. The minimum atomic E-state index is -1.08. The lowest BCUT2D eigenvalue weighted by atomic mass is 9.94. The molecule has 0 aliphatic heterocycles. The highest BCUT2D eigenvalue weighted by atomic mass is 32.2. The number of aromatic nitrogens is 1. The number of nitrogens with zero attached hydrogens (tertiary/aromatic N) is 3. The summed E-state index contributed by atoms with van der Waals surface area (Å²) in [6.45, 7) is 4.11. The first-order valence-electron chi connectivity index (χ1n) is 9.86. The Hall–Kier alpha value is -3.95. The number of benzene rings is 2. The lowest BCUT2D eigenvalue weighted by Crippen LogP contribution is -2.15. The van der Waals surface area contributed by atoms with Gasteiger partial charge in [0, 0.05) is 17.3 Å². The molecule has 1 heterocycles. The van der Waals surface area contributed by atoms with Crippen LogP contribution in [0.1, 0.15) is 36.5 Å². The number of rotatable bonds is 6. The number of hydrogen-bond donors (Lipinski definition) is 2. The molecular formula is C24H19F2N5OS. The smallest absolute Gasteiger partial charge is 0.234 e. The minimum Gasteiger partial charge on any atom is -0.383 e. The average molecular weight is 464 g/mol. The Balaban J connectivity index is 1.91. The van der Waals surface area contributed by atoms with Crippen molar-refractivity contribution in [3.05, 3.63) is 70.8 Å². The molecule has 3 rings (SSSR count). The van der Waals surface area contributed by atoms with Crippen LogP contribution in [0.5, 0.6) is 0 Å². The molecule has 0 bridgehead atoms. The van der Waals surface area contributed by atoms with Gasteiger partial charge in [-0.25, -0.2) is 13.8 Å². The highest BCUT2D eigenvalue weighted by Crippen LogP contribution is 2.36. The lowest BCUT2D eigenvalue weighted by molar-refractivity contribution is -0.113. The number of hydrogen-bond acceptors (Lipinski definition) is 6. The number of nitrogens with one attached hydrogen (secondary N) is 1. The summed E-state index contributed by atoms with van der Waals surface area (Å²) in [4.78, 5) is 16.5. The van der Waals surface area contributed by atoms with Crippen molar-refractivity contribution in [3.8, 4) is 23.3 Å². The molecule has 166 valence electrons. The molecule has 0 aliphatic carbocycles. The fourth-order valence-corrected chi connectivity index (χ4v) is 3.93. The highest BCUT2D eigenvalue weighted by Gasteiger charge is 2.21. The van der Waals surface area contributed by atoms with E-state index in [0.717, 1.165) is 29.5 Å². The number of pyridine rings is 1. The third kappa shape index (κ3) is 5.28. The van der Waals surface area contributed by atoms with Crippen LogP contribution in [0.15, 0.2) is 47.5 Å². The number of nitriles is 2. The Morgan fingerprint density at radius 1 is 1.09 bits per heavy atom. The number of amides is 1. The van der Waals surface area contributed by atoms with E-state index < -0.39 is 17.5 Å². The molecule has 2 aromatic carbocycles. The van der Waals surface area contributed by atoms with Gasteiger partial charge in [-0.3, -0.25) is 4.79 Å². The van der Waals surface area contributed by atoms with E-state index in [0.29, 0.717) is 17.0 Å². The number of thioether (sulfide) groups is 1. The normalized spacial score (nSPS) is 10.5. The van der Waals surface area contributed by atoms with E-state index >= 15 is 0 Å². The van der Waals surface area contributed by atoms with E-state index in [4.69, 9.17) is 5.73 Å². The summed E-state index contributed by atoms with van der Waals surface area (Å²) < 4.78 is 26.4. The second-order valence-electron chi connectivity index (χ2n) is 7.39. The summed E-state index contributed by atoms with van der Waals surface area (Å²) in [5.41, 5.74) is 8.39. The molecule has 6 nitrogen and oxygen atoms in total. The predicted octanol–water partition coefficient (Wildman–Crippen LogP) is 5.21. The molecule has 9 heteroatoms. The van der Waals surface area contributed by atoms with Gasteiger partial charge >= 0.3 is 0 Å². The number of nitrogen functional groups attached to an aromatic ring is 1. The molecule has 0 atom stereocenters. The minimum absolute atomic E-state index is 0.0528. The van der Waals surface area contributed by atoms with Crippen LogP contribution in [0, 0.1) is 34.3 Å². The lowest BCUT2D eigenvalue weighted by Gasteiger charge is -2.14. The van der Waals surface area contributed by atoms with E-state index in [9.17, 15) is 24.1 Å². The van der Waals surface area contributed by atoms with Gasteiger partial charge in [0.15, 0.2) is 11.6 Å².